The van der Waals surface area contributed by atoms with Crippen LogP contribution in [0.5, 0.6) is 0 Å². The molecule has 30 heavy (non-hydrogen) atoms. The van der Waals surface area contributed by atoms with E-state index in [0.29, 0.717) is 0 Å². The summed E-state index contributed by atoms with van der Waals surface area (Å²) in [6.07, 6.45) is 2.05. The number of rotatable bonds is 3. The summed E-state index contributed by atoms with van der Waals surface area (Å²) < 4.78 is 0. The zero-order valence-electron chi connectivity index (χ0n) is 16.4. The molecule has 0 saturated carbocycles. The normalized spacial score (nSPS) is 14.8. The van der Waals surface area contributed by atoms with Crippen molar-refractivity contribution in [3.05, 3.63) is 131 Å². The molecule has 4 aromatic rings. The third-order valence-electron chi connectivity index (χ3n) is 5.58. The molecule has 1 unspecified atom stereocenters. The van der Waals surface area contributed by atoms with E-state index in [9.17, 15) is 5.26 Å². The van der Waals surface area contributed by atoms with Gasteiger partial charge in [-0.1, -0.05) is 109 Å². The molecule has 0 N–H and O–H groups in total. The van der Waals surface area contributed by atoms with E-state index in [4.69, 9.17) is 0 Å². The van der Waals surface area contributed by atoms with E-state index in [-0.39, 0.29) is 5.66 Å². The van der Waals surface area contributed by atoms with Gasteiger partial charge in [0.25, 0.3) is 0 Å². The van der Waals surface area contributed by atoms with Crippen LogP contribution in [0, 0.1) is 11.3 Å². The Morgan fingerprint density at radius 3 is 1.77 bits per heavy atom. The van der Waals surface area contributed by atoms with Gasteiger partial charge in [0.2, 0.25) is 0 Å². The fourth-order valence-corrected chi connectivity index (χ4v) is 7.17. The van der Waals surface area contributed by atoms with Crippen molar-refractivity contribution in [2.24, 2.45) is 0 Å². The van der Waals surface area contributed by atoms with Gasteiger partial charge in [-0.2, -0.15) is 5.26 Å². The van der Waals surface area contributed by atoms with Crippen LogP contribution in [-0.2, 0) is 0 Å². The molecule has 142 valence electrons. The fraction of sp³-hybridized carbons (Fsp3) is 0.0357. The predicted octanol–water partition coefficient (Wildman–Crippen LogP) is 6.29. The molecule has 2 heteroatoms. The summed E-state index contributed by atoms with van der Waals surface area (Å²) in [5.41, 5.74) is 5.59. The first-order valence-electron chi connectivity index (χ1n) is 10.1. The molecule has 0 amide bonds. The number of benzene rings is 4. The second-order valence-electron chi connectivity index (χ2n) is 7.33. The Morgan fingerprint density at radius 1 is 0.600 bits per heavy atom. The van der Waals surface area contributed by atoms with Gasteiger partial charge in [0.15, 0.2) is 0 Å². The summed E-state index contributed by atoms with van der Waals surface area (Å²) in [5.74, 6) is 0. The molecule has 1 aliphatic carbocycles. The van der Waals surface area contributed by atoms with Crippen LogP contribution in [0.3, 0.4) is 0 Å². The number of allylic oxidation sites excluding steroid dienone is 1. The highest BCUT2D eigenvalue weighted by atomic mass is 31.1. The largest absolute Gasteiger partial charge is 0.192 e. The Kier molecular flexibility index (Phi) is 5.02. The van der Waals surface area contributed by atoms with Gasteiger partial charge in [-0.15, -0.1) is 0 Å². The van der Waals surface area contributed by atoms with Crippen LogP contribution in [-0.4, -0.2) is 0 Å². The Hall–Kier alpha value is -3.46. The van der Waals surface area contributed by atoms with Crippen LogP contribution < -0.4 is 10.6 Å². The van der Waals surface area contributed by atoms with E-state index < -0.39 is 7.92 Å². The Labute approximate surface area is 178 Å². The van der Waals surface area contributed by atoms with Crippen LogP contribution in [0.2, 0.25) is 0 Å². The van der Waals surface area contributed by atoms with E-state index in [0.717, 1.165) is 16.7 Å². The Bertz CT molecular complexity index is 1210. The molecule has 0 saturated heterocycles. The minimum absolute atomic E-state index is 0.166. The predicted molar refractivity (Wildman–Crippen MR) is 127 cm³/mol. The quantitative estimate of drug-likeness (QED) is 0.370. The van der Waals surface area contributed by atoms with Crippen molar-refractivity contribution < 1.29 is 0 Å². The molecule has 0 fully saturated rings. The number of hydrogen-bond donors (Lipinski definition) is 0. The molecule has 0 radical (unpaired) electrons. The standard InChI is InChI=1S/C28H20NP/c29-20-22-19-21-11-7-8-17-26(21)28(27-18-10-9-16-25(22)27)30(23-12-3-1-4-13-23)24-14-5-2-6-15-24/h1-19,28H. The van der Waals surface area contributed by atoms with Crippen LogP contribution in [0.15, 0.2) is 109 Å². The fourth-order valence-electron chi connectivity index (χ4n) is 4.27. The first kappa shape index (κ1) is 18.6. The molecule has 5 rings (SSSR count). The van der Waals surface area contributed by atoms with Gasteiger partial charge in [0, 0.05) is 5.66 Å². The second kappa shape index (κ2) is 8.11. The lowest BCUT2D eigenvalue weighted by molar-refractivity contribution is 1.14. The van der Waals surface area contributed by atoms with E-state index in [2.05, 4.69) is 115 Å². The van der Waals surface area contributed by atoms with Gasteiger partial charge in [-0.05, 0) is 46.9 Å². The van der Waals surface area contributed by atoms with Gasteiger partial charge < -0.3 is 0 Å². The number of nitriles is 1. The maximum Gasteiger partial charge on any atom is 0.0998 e. The smallest absolute Gasteiger partial charge is 0.0998 e. The minimum Gasteiger partial charge on any atom is -0.192 e. The monoisotopic (exact) mass is 401 g/mol. The highest BCUT2D eigenvalue weighted by Gasteiger charge is 2.32. The van der Waals surface area contributed by atoms with Crippen molar-refractivity contribution in [2.75, 3.05) is 0 Å². The van der Waals surface area contributed by atoms with E-state index in [1.807, 2.05) is 6.07 Å². The lowest BCUT2D eigenvalue weighted by atomic mass is 9.97. The number of fused-ring (bicyclic) bond motifs is 2. The summed E-state index contributed by atoms with van der Waals surface area (Å²) in [7, 11) is -0.726. The van der Waals surface area contributed by atoms with Crippen LogP contribution in [0.1, 0.15) is 27.9 Å². The SMILES string of the molecule is N#CC1=Cc2ccccc2C(P(c2ccccc2)c2ccccc2)c2ccccc21. The molecule has 0 aliphatic heterocycles. The van der Waals surface area contributed by atoms with Gasteiger partial charge in [-0.3, -0.25) is 0 Å². The first-order chi connectivity index (χ1) is 14.9. The third kappa shape index (κ3) is 3.26. The summed E-state index contributed by atoms with van der Waals surface area (Å²) in [4.78, 5) is 0. The van der Waals surface area contributed by atoms with Gasteiger partial charge >= 0.3 is 0 Å². The van der Waals surface area contributed by atoms with Crippen LogP contribution in [0.25, 0.3) is 11.6 Å². The van der Waals surface area contributed by atoms with E-state index in [1.54, 1.807) is 0 Å². The highest BCUT2D eigenvalue weighted by molar-refractivity contribution is 7.73. The average molecular weight is 401 g/mol. The lowest BCUT2D eigenvalue weighted by Gasteiger charge is -2.31. The molecule has 4 aromatic carbocycles. The molecule has 1 atom stereocenters. The lowest BCUT2D eigenvalue weighted by Crippen LogP contribution is -2.18. The number of hydrogen-bond acceptors (Lipinski definition) is 1. The van der Waals surface area contributed by atoms with E-state index >= 15 is 0 Å². The summed E-state index contributed by atoms with van der Waals surface area (Å²) in [6, 6.07) is 41.0. The van der Waals surface area contributed by atoms with Gasteiger partial charge in [0.1, 0.15) is 0 Å². The molecular weight excluding hydrogens is 381 g/mol. The Morgan fingerprint density at radius 2 is 1.13 bits per heavy atom. The van der Waals surface area contributed by atoms with Crippen molar-refractivity contribution in [1.82, 2.24) is 0 Å². The van der Waals surface area contributed by atoms with Crippen molar-refractivity contribution in [1.29, 1.82) is 5.26 Å². The summed E-state index contributed by atoms with van der Waals surface area (Å²) in [6.45, 7) is 0. The third-order valence-corrected chi connectivity index (χ3v) is 8.37. The molecule has 0 bridgehead atoms. The molecule has 1 nitrogen and oxygen atoms in total. The zero-order valence-corrected chi connectivity index (χ0v) is 17.3. The van der Waals surface area contributed by atoms with Crippen molar-refractivity contribution in [2.45, 2.75) is 5.66 Å². The van der Waals surface area contributed by atoms with Crippen molar-refractivity contribution in [3.8, 4) is 6.07 Å². The molecule has 0 spiro atoms. The molecular formula is C28H20NP. The summed E-state index contributed by atoms with van der Waals surface area (Å²) in [5, 5.41) is 12.6. The molecule has 0 aromatic heterocycles. The van der Waals surface area contributed by atoms with Crippen molar-refractivity contribution >= 4 is 30.2 Å². The highest BCUT2D eigenvalue weighted by Crippen LogP contribution is 2.56. The van der Waals surface area contributed by atoms with Crippen molar-refractivity contribution in [3.63, 3.8) is 0 Å². The second-order valence-corrected chi connectivity index (χ2v) is 9.62. The maximum atomic E-state index is 9.93. The van der Waals surface area contributed by atoms with Gasteiger partial charge in [0.05, 0.1) is 11.6 Å². The number of nitrogens with zero attached hydrogens (tertiary/aromatic N) is 1. The van der Waals surface area contributed by atoms with Gasteiger partial charge in [-0.25, -0.2) is 0 Å². The average Bonchev–Trinajstić information content (AvgIpc) is 2.96. The van der Waals surface area contributed by atoms with Crippen LogP contribution in [0.4, 0.5) is 0 Å². The minimum atomic E-state index is -0.726. The maximum absolute atomic E-state index is 9.93. The first-order valence-corrected chi connectivity index (χ1v) is 11.5. The van der Waals surface area contributed by atoms with E-state index in [1.165, 1.54) is 21.7 Å². The topological polar surface area (TPSA) is 23.8 Å². The summed E-state index contributed by atoms with van der Waals surface area (Å²) >= 11 is 0. The molecule has 0 heterocycles. The van der Waals surface area contributed by atoms with Crippen LogP contribution >= 0.6 is 7.92 Å². The molecule has 1 aliphatic rings. The Balaban J connectivity index is 1.84. The zero-order chi connectivity index (χ0) is 20.3.